The van der Waals surface area contributed by atoms with E-state index in [1.165, 1.54) is 0 Å². The molecular formula is C11H7NaOS. The normalized spacial score (nSPS) is 9.43. The van der Waals surface area contributed by atoms with Gasteiger partial charge < -0.3 is 5.11 Å². The first-order valence-corrected chi connectivity index (χ1v) is 4.38. The van der Waals surface area contributed by atoms with Crippen LogP contribution in [0.25, 0.3) is 10.8 Å². The van der Waals surface area contributed by atoms with Crippen LogP contribution in [0.2, 0.25) is 0 Å². The molecule has 2 aromatic rings. The van der Waals surface area contributed by atoms with Crippen LogP contribution in [0.15, 0.2) is 42.5 Å². The SMILES string of the molecule is [Na+].[O-]C(=S)c1ccc2ccccc2c1. The van der Waals surface area contributed by atoms with Crippen LogP contribution in [0.4, 0.5) is 0 Å². The molecule has 0 saturated heterocycles. The van der Waals surface area contributed by atoms with Crippen LogP contribution < -0.4 is 34.7 Å². The van der Waals surface area contributed by atoms with Gasteiger partial charge >= 0.3 is 29.6 Å². The van der Waals surface area contributed by atoms with Crippen molar-refractivity contribution >= 4 is 28.0 Å². The van der Waals surface area contributed by atoms with Gasteiger partial charge in [0.25, 0.3) is 0 Å². The van der Waals surface area contributed by atoms with E-state index in [1.807, 2.05) is 36.4 Å². The van der Waals surface area contributed by atoms with Gasteiger partial charge in [0.15, 0.2) is 0 Å². The fourth-order valence-electron chi connectivity index (χ4n) is 1.32. The van der Waals surface area contributed by atoms with Gasteiger partial charge in [-0.2, -0.15) is 0 Å². The van der Waals surface area contributed by atoms with Crippen LogP contribution in [0.3, 0.4) is 0 Å². The van der Waals surface area contributed by atoms with Crippen molar-refractivity contribution in [3.63, 3.8) is 0 Å². The Morgan fingerprint density at radius 2 is 1.64 bits per heavy atom. The molecule has 0 spiro atoms. The van der Waals surface area contributed by atoms with Crippen molar-refractivity contribution in [1.82, 2.24) is 0 Å². The summed E-state index contributed by atoms with van der Waals surface area (Å²) >= 11 is 4.57. The molecule has 0 aliphatic carbocycles. The van der Waals surface area contributed by atoms with Gasteiger partial charge in [-0.15, -0.1) is 0 Å². The summed E-state index contributed by atoms with van der Waals surface area (Å²) in [5, 5.41) is 12.8. The Balaban J connectivity index is 0.000000980. The first kappa shape index (κ1) is 11.7. The number of hydrogen-bond donors (Lipinski definition) is 0. The zero-order valence-corrected chi connectivity index (χ0v) is 10.7. The van der Waals surface area contributed by atoms with Gasteiger partial charge in [0.1, 0.15) is 0 Å². The second-order valence-corrected chi connectivity index (χ2v) is 3.22. The summed E-state index contributed by atoms with van der Waals surface area (Å²) in [6.07, 6.45) is 0. The molecule has 0 saturated carbocycles. The summed E-state index contributed by atoms with van der Waals surface area (Å²) < 4.78 is 0. The van der Waals surface area contributed by atoms with Crippen LogP contribution in [-0.2, 0) is 0 Å². The van der Waals surface area contributed by atoms with E-state index in [1.54, 1.807) is 6.07 Å². The third kappa shape index (κ3) is 2.34. The maximum absolute atomic E-state index is 10.9. The fraction of sp³-hybridized carbons (Fsp3) is 0. The summed E-state index contributed by atoms with van der Waals surface area (Å²) in [5.74, 6) is 0. The van der Waals surface area contributed by atoms with Gasteiger partial charge in [-0.3, -0.25) is 0 Å². The van der Waals surface area contributed by atoms with E-state index < -0.39 is 0 Å². The summed E-state index contributed by atoms with van der Waals surface area (Å²) in [5.41, 5.74) is 0.591. The van der Waals surface area contributed by atoms with E-state index in [9.17, 15) is 5.11 Å². The summed E-state index contributed by atoms with van der Waals surface area (Å²) in [7, 11) is 0. The second kappa shape index (κ2) is 4.89. The van der Waals surface area contributed by atoms with E-state index in [2.05, 4.69) is 12.2 Å². The molecule has 0 aliphatic rings. The molecule has 14 heavy (non-hydrogen) atoms. The standard InChI is InChI=1S/C11H8OS.Na/c12-11(13)10-6-5-8-3-1-2-4-9(8)7-10;/h1-7H,(H,12,13);/q;+1/p-1. The van der Waals surface area contributed by atoms with Gasteiger partial charge in [0.2, 0.25) is 0 Å². The smallest absolute Gasteiger partial charge is 0.864 e. The largest absolute Gasteiger partial charge is 1.00 e. The Bertz CT molecular complexity index is 468. The molecule has 0 unspecified atom stereocenters. The minimum Gasteiger partial charge on any atom is -0.864 e. The van der Waals surface area contributed by atoms with Crippen molar-refractivity contribution in [2.75, 3.05) is 0 Å². The Morgan fingerprint density at radius 1 is 1.00 bits per heavy atom. The van der Waals surface area contributed by atoms with E-state index in [0.29, 0.717) is 5.56 Å². The maximum Gasteiger partial charge on any atom is 1.00 e. The van der Waals surface area contributed by atoms with Crippen molar-refractivity contribution in [1.29, 1.82) is 0 Å². The van der Waals surface area contributed by atoms with E-state index in [0.717, 1.165) is 10.8 Å². The van der Waals surface area contributed by atoms with Crippen LogP contribution >= 0.6 is 12.2 Å². The molecule has 0 radical (unpaired) electrons. The van der Waals surface area contributed by atoms with Crippen LogP contribution in [-0.4, -0.2) is 5.05 Å². The van der Waals surface area contributed by atoms with E-state index >= 15 is 0 Å². The minimum absolute atomic E-state index is 0. The van der Waals surface area contributed by atoms with Gasteiger partial charge in [-0.1, -0.05) is 48.6 Å². The predicted octanol–water partition coefficient (Wildman–Crippen LogP) is -1.12. The van der Waals surface area contributed by atoms with E-state index in [-0.39, 0.29) is 34.6 Å². The van der Waals surface area contributed by atoms with Crippen LogP contribution in [0.5, 0.6) is 0 Å². The molecule has 64 valence electrons. The Morgan fingerprint density at radius 3 is 2.29 bits per heavy atom. The molecule has 0 N–H and O–H groups in total. The summed E-state index contributed by atoms with van der Waals surface area (Å²) in [6.45, 7) is 0. The number of thiocarbonyl (C=S) groups is 1. The van der Waals surface area contributed by atoms with Gasteiger partial charge in [-0.05, 0) is 27.5 Å². The van der Waals surface area contributed by atoms with Crippen LogP contribution in [0.1, 0.15) is 5.56 Å². The Kier molecular flexibility index (Phi) is 4.08. The average molecular weight is 210 g/mol. The van der Waals surface area contributed by atoms with Crippen molar-refractivity contribution in [2.45, 2.75) is 0 Å². The molecule has 2 rings (SSSR count). The van der Waals surface area contributed by atoms with Gasteiger partial charge in [0.05, 0.1) is 0 Å². The first-order chi connectivity index (χ1) is 6.27. The zero-order valence-electron chi connectivity index (χ0n) is 7.86. The third-order valence-corrected chi connectivity index (χ3v) is 2.22. The number of fused-ring (bicyclic) bond motifs is 1. The first-order valence-electron chi connectivity index (χ1n) is 3.97. The van der Waals surface area contributed by atoms with Gasteiger partial charge in [0, 0.05) is 0 Å². The van der Waals surface area contributed by atoms with Crippen LogP contribution in [0, 0.1) is 0 Å². The van der Waals surface area contributed by atoms with Crippen molar-refractivity contribution in [3.05, 3.63) is 48.0 Å². The van der Waals surface area contributed by atoms with Gasteiger partial charge in [-0.25, -0.2) is 0 Å². The molecule has 0 bridgehead atoms. The molecule has 0 aliphatic heterocycles. The molecule has 0 aromatic heterocycles. The minimum atomic E-state index is -0.300. The zero-order chi connectivity index (χ0) is 9.26. The number of hydrogen-bond acceptors (Lipinski definition) is 2. The molecule has 1 nitrogen and oxygen atoms in total. The van der Waals surface area contributed by atoms with Crippen molar-refractivity contribution < 1.29 is 34.7 Å². The number of rotatable bonds is 1. The average Bonchev–Trinajstić information content (AvgIpc) is 2.17. The summed E-state index contributed by atoms with van der Waals surface area (Å²) in [6, 6.07) is 13.4. The molecule has 0 amide bonds. The van der Waals surface area contributed by atoms with Crippen molar-refractivity contribution in [3.8, 4) is 0 Å². The molecule has 2 aromatic carbocycles. The molecule has 0 atom stereocenters. The molecule has 3 heteroatoms. The second-order valence-electron chi connectivity index (χ2n) is 2.85. The maximum atomic E-state index is 10.9. The monoisotopic (exact) mass is 210 g/mol. The van der Waals surface area contributed by atoms with E-state index in [4.69, 9.17) is 0 Å². The number of benzene rings is 2. The molecule has 0 fully saturated rings. The predicted molar refractivity (Wildman–Crippen MR) is 55.6 cm³/mol. The van der Waals surface area contributed by atoms with Crippen molar-refractivity contribution in [2.24, 2.45) is 0 Å². The fourth-order valence-corrected chi connectivity index (χ4v) is 1.44. The molecule has 0 heterocycles. The third-order valence-electron chi connectivity index (χ3n) is 1.99. The Hall–Kier alpha value is -0.410. The topological polar surface area (TPSA) is 23.1 Å². The summed E-state index contributed by atoms with van der Waals surface area (Å²) in [4.78, 5) is 0. The Labute approximate surface area is 110 Å². The quantitative estimate of drug-likeness (QED) is 0.439. The molecular weight excluding hydrogens is 203 g/mol.